The van der Waals surface area contributed by atoms with E-state index in [2.05, 4.69) is 15.2 Å². The molecule has 2 aliphatic rings. The molecule has 6 nitrogen and oxygen atoms in total. The zero-order valence-electron chi connectivity index (χ0n) is 18.7. The Morgan fingerprint density at radius 3 is 2.62 bits per heavy atom. The Bertz CT molecular complexity index is 976. The molecule has 0 radical (unpaired) electrons. The Labute approximate surface area is 187 Å². The molecule has 8 heteroatoms. The van der Waals surface area contributed by atoms with E-state index >= 15 is 0 Å². The van der Waals surface area contributed by atoms with E-state index in [0.29, 0.717) is 43.2 Å². The second kappa shape index (κ2) is 9.40. The topological polar surface area (TPSA) is 57.7 Å². The van der Waals surface area contributed by atoms with Crippen LogP contribution in [-0.2, 0) is 4.74 Å². The van der Waals surface area contributed by atoms with Crippen molar-refractivity contribution in [3.05, 3.63) is 47.2 Å². The number of anilines is 3. The van der Waals surface area contributed by atoms with E-state index in [1.54, 1.807) is 6.20 Å². The van der Waals surface area contributed by atoms with Gasteiger partial charge in [-0.2, -0.15) is 0 Å². The van der Waals surface area contributed by atoms with Gasteiger partial charge in [-0.05, 0) is 43.5 Å². The van der Waals surface area contributed by atoms with E-state index in [1.807, 2.05) is 43.0 Å². The lowest BCUT2D eigenvalue weighted by Crippen LogP contribution is -2.37. The number of nitrogens with zero attached hydrogens (tertiary/aromatic N) is 3. The Kier molecular flexibility index (Phi) is 6.60. The van der Waals surface area contributed by atoms with Crippen LogP contribution in [0.5, 0.6) is 0 Å². The molecule has 2 saturated heterocycles. The first-order chi connectivity index (χ1) is 15.3. The molecule has 1 aromatic heterocycles. The standard InChI is InChI=1S/C24H30F2N4O2/c1-17-5-3-6-19(15-17)28-23(31)21-18(2)20(29-11-13-32-14-12-29)16-27-22(21)30-9-4-7-24(25,26)8-10-30/h3,5-6,15-16H,4,7-14H2,1-2H3,(H,28,31). The normalized spacial score (nSPS) is 18.9. The summed E-state index contributed by atoms with van der Waals surface area (Å²) in [4.78, 5) is 22.1. The second-order valence-electron chi connectivity index (χ2n) is 8.59. The number of aryl methyl sites for hydroxylation is 1. The molecular formula is C24H30F2N4O2. The molecule has 0 unspecified atom stereocenters. The van der Waals surface area contributed by atoms with Gasteiger partial charge in [-0.3, -0.25) is 4.79 Å². The molecule has 2 aliphatic heterocycles. The minimum atomic E-state index is -2.68. The van der Waals surface area contributed by atoms with Crippen LogP contribution in [0.25, 0.3) is 0 Å². The van der Waals surface area contributed by atoms with Crippen LogP contribution in [0.15, 0.2) is 30.5 Å². The number of alkyl halides is 2. The minimum Gasteiger partial charge on any atom is -0.378 e. The summed E-state index contributed by atoms with van der Waals surface area (Å²) in [7, 11) is 0. The summed E-state index contributed by atoms with van der Waals surface area (Å²) in [5.74, 6) is -2.48. The first-order valence-corrected chi connectivity index (χ1v) is 11.2. The quantitative estimate of drug-likeness (QED) is 0.757. The second-order valence-corrected chi connectivity index (χ2v) is 8.59. The largest absolute Gasteiger partial charge is 0.378 e. The number of rotatable bonds is 4. The average molecular weight is 445 g/mol. The summed E-state index contributed by atoms with van der Waals surface area (Å²) in [6, 6.07) is 7.59. The maximum Gasteiger partial charge on any atom is 0.259 e. The Morgan fingerprint density at radius 1 is 1.09 bits per heavy atom. The first-order valence-electron chi connectivity index (χ1n) is 11.2. The van der Waals surface area contributed by atoms with Gasteiger partial charge >= 0.3 is 0 Å². The third kappa shape index (κ3) is 5.01. The lowest BCUT2D eigenvalue weighted by Gasteiger charge is -2.32. The number of benzene rings is 1. The van der Waals surface area contributed by atoms with Gasteiger partial charge in [-0.15, -0.1) is 0 Å². The fourth-order valence-corrected chi connectivity index (χ4v) is 4.41. The van der Waals surface area contributed by atoms with E-state index in [-0.39, 0.29) is 25.3 Å². The van der Waals surface area contributed by atoms with Gasteiger partial charge in [0, 0.05) is 44.7 Å². The highest BCUT2D eigenvalue weighted by molar-refractivity contribution is 6.09. The zero-order chi connectivity index (χ0) is 22.7. The Balaban J connectivity index is 1.71. The van der Waals surface area contributed by atoms with Crippen LogP contribution in [0.2, 0.25) is 0 Å². The molecule has 0 aliphatic carbocycles. The van der Waals surface area contributed by atoms with E-state index in [4.69, 9.17) is 4.74 Å². The molecule has 2 fully saturated rings. The van der Waals surface area contributed by atoms with Crippen LogP contribution in [0.1, 0.15) is 40.7 Å². The highest BCUT2D eigenvalue weighted by Gasteiger charge is 2.34. The fourth-order valence-electron chi connectivity index (χ4n) is 4.41. The molecule has 0 atom stereocenters. The maximum absolute atomic E-state index is 14.0. The Morgan fingerprint density at radius 2 is 1.88 bits per heavy atom. The van der Waals surface area contributed by atoms with Crippen molar-refractivity contribution >= 4 is 23.1 Å². The molecule has 0 spiro atoms. The summed E-state index contributed by atoms with van der Waals surface area (Å²) >= 11 is 0. The van der Waals surface area contributed by atoms with E-state index in [9.17, 15) is 13.6 Å². The van der Waals surface area contributed by atoms with Crippen molar-refractivity contribution in [2.24, 2.45) is 0 Å². The summed E-state index contributed by atoms with van der Waals surface area (Å²) in [6.45, 7) is 7.16. The number of halogens is 2. The van der Waals surface area contributed by atoms with E-state index < -0.39 is 5.92 Å². The van der Waals surface area contributed by atoms with E-state index in [1.165, 1.54) is 0 Å². The molecule has 0 bridgehead atoms. The summed E-state index contributed by atoms with van der Waals surface area (Å²) in [5, 5.41) is 2.98. The van der Waals surface area contributed by atoms with Crippen molar-refractivity contribution in [3.8, 4) is 0 Å². The maximum atomic E-state index is 14.0. The molecule has 1 aromatic carbocycles. The molecule has 3 heterocycles. The van der Waals surface area contributed by atoms with Crippen LogP contribution in [0, 0.1) is 13.8 Å². The molecule has 1 amide bonds. The highest BCUT2D eigenvalue weighted by atomic mass is 19.3. The lowest BCUT2D eigenvalue weighted by molar-refractivity contribution is -0.0102. The summed E-state index contributed by atoms with van der Waals surface area (Å²) < 4.78 is 33.4. The summed E-state index contributed by atoms with van der Waals surface area (Å²) in [5.41, 5.74) is 3.86. The third-order valence-corrected chi connectivity index (χ3v) is 6.16. The Hall–Kier alpha value is -2.74. The minimum absolute atomic E-state index is 0.140. The van der Waals surface area contributed by atoms with Gasteiger partial charge in [0.05, 0.1) is 30.7 Å². The number of carbonyl (C=O) groups excluding carboxylic acids is 1. The van der Waals surface area contributed by atoms with Crippen molar-refractivity contribution in [1.82, 2.24) is 4.98 Å². The van der Waals surface area contributed by atoms with Crippen molar-refractivity contribution in [2.75, 3.05) is 54.5 Å². The molecule has 0 saturated carbocycles. The highest BCUT2D eigenvalue weighted by Crippen LogP contribution is 2.34. The summed E-state index contributed by atoms with van der Waals surface area (Å²) in [6.07, 6.45) is 1.75. The number of aromatic nitrogens is 1. The van der Waals surface area contributed by atoms with Gasteiger partial charge in [-0.25, -0.2) is 13.8 Å². The van der Waals surface area contributed by atoms with Gasteiger partial charge in [0.15, 0.2) is 0 Å². The van der Waals surface area contributed by atoms with Crippen LogP contribution in [-0.4, -0.2) is 56.2 Å². The molecular weight excluding hydrogens is 414 g/mol. The predicted molar refractivity (Wildman–Crippen MR) is 122 cm³/mol. The average Bonchev–Trinajstić information content (AvgIpc) is 2.94. The van der Waals surface area contributed by atoms with E-state index in [0.717, 1.165) is 29.9 Å². The van der Waals surface area contributed by atoms with Gasteiger partial charge in [-0.1, -0.05) is 12.1 Å². The number of carbonyl (C=O) groups is 1. The lowest BCUT2D eigenvalue weighted by atomic mass is 10.1. The number of hydrogen-bond donors (Lipinski definition) is 1. The molecule has 1 N–H and O–H groups in total. The van der Waals surface area contributed by atoms with Gasteiger partial charge in [0.1, 0.15) is 5.82 Å². The van der Waals surface area contributed by atoms with Crippen LogP contribution in [0.3, 0.4) is 0 Å². The van der Waals surface area contributed by atoms with Gasteiger partial charge in [0.25, 0.3) is 5.91 Å². The van der Waals surface area contributed by atoms with Crippen LogP contribution >= 0.6 is 0 Å². The first kappa shape index (κ1) is 22.5. The van der Waals surface area contributed by atoms with Crippen molar-refractivity contribution in [3.63, 3.8) is 0 Å². The molecule has 32 heavy (non-hydrogen) atoms. The van der Waals surface area contributed by atoms with Crippen molar-refractivity contribution in [1.29, 1.82) is 0 Å². The SMILES string of the molecule is Cc1cccc(NC(=O)c2c(N3CCCC(F)(F)CC3)ncc(N3CCOCC3)c2C)c1. The zero-order valence-corrected chi connectivity index (χ0v) is 18.7. The number of pyridine rings is 1. The van der Waals surface area contributed by atoms with Crippen molar-refractivity contribution in [2.45, 2.75) is 39.0 Å². The number of nitrogens with one attached hydrogen (secondary N) is 1. The number of amides is 1. The molecule has 2 aromatic rings. The third-order valence-electron chi connectivity index (χ3n) is 6.16. The number of ether oxygens (including phenoxy) is 1. The number of hydrogen-bond acceptors (Lipinski definition) is 5. The van der Waals surface area contributed by atoms with Crippen LogP contribution in [0.4, 0.5) is 26.0 Å². The number of morpholine rings is 1. The van der Waals surface area contributed by atoms with Gasteiger partial charge in [0.2, 0.25) is 5.92 Å². The smallest absolute Gasteiger partial charge is 0.259 e. The molecule has 172 valence electrons. The van der Waals surface area contributed by atoms with Crippen LogP contribution < -0.4 is 15.1 Å². The monoisotopic (exact) mass is 444 g/mol. The molecule has 4 rings (SSSR count). The fraction of sp³-hybridized carbons (Fsp3) is 0.500. The predicted octanol–water partition coefficient (Wildman–Crippen LogP) is 4.41. The van der Waals surface area contributed by atoms with Gasteiger partial charge < -0.3 is 19.9 Å². The van der Waals surface area contributed by atoms with Crippen molar-refractivity contribution < 1.29 is 18.3 Å².